The van der Waals surface area contributed by atoms with Crippen molar-refractivity contribution >= 4 is 0 Å². The van der Waals surface area contributed by atoms with E-state index in [1.54, 1.807) is 0 Å². The van der Waals surface area contributed by atoms with Gasteiger partial charge in [-0.15, -0.1) is 0 Å². The molecule has 1 N–H and O–H groups in total. The van der Waals surface area contributed by atoms with E-state index in [-0.39, 0.29) is 0 Å². The number of rotatable bonds is 6. The minimum atomic E-state index is 0.347. The second-order valence-corrected chi connectivity index (χ2v) is 8.26. The van der Waals surface area contributed by atoms with Gasteiger partial charge in [-0.1, -0.05) is 48.5 Å². The molecule has 0 saturated carbocycles. The Bertz CT molecular complexity index is 274. The fourth-order valence-corrected chi connectivity index (χ4v) is 3.51. The Hall–Kier alpha value is -0.0800. The van der Waals surface area contributed by atoms with E-state index in [4.69, 9.17) is 0 Å². The fourth-order valence-electron chi connectivity index (χ4n) is 3.51. The average molecular weight is 283 g/mol. The highest BCUT2D eigenvalue weighted by Gasteiger charge is 2.40. The van der Waals surface area contributed by atoms with Gasteiger partial charge in [0.1, 0.15) is 0 Å². The van der Waals surface area contributed by atoms with Gasteiger partial charge in [-0.3, -0.25) is 4.90 Å². The largest absolute Gasteiger partial charge is 0.308 e. The Morgan fingerprint density at radius 3 is 2.25 bits per heavy atom. The summed E-state index contributed by atoms with van der Waals surface area (Å²) in [5.74, 6) is 0.827. The van der Waals surface area contributed by atoms with Crippen LogP contribution in [0.2, 0.25) is 0 Å². The quantitative estimate of drug-likeness (QED) is 0.781. The zero-order valence-corrected chi connectivity index (χ0v) is 15.1. The van der Waals surface area contributed by atoms with Gasteiger partial charge in [-0.25, -0.2) is 0 Å². The standard InChI is InChI=1S/C18H38N2/c1-8-18(9-2)14-20(12-10-11-15(3)4)16(13-19-18)17(5,6)7/h15-16,19H,8-14H2,1-7H3. The van der Waals surface area contributed by atoms with Gasteiger partial charge in [-0.2, -0.15) is 0 Å². The van der Waals surface area contributed by atoms with Crippen molar-refractivity contribution in [2.75, 3.05) is 19.6 Å². The van der Waals surface area contributed by atoms with Crippen molar-refractivity contribution in [1.82, 2.24) is 10.2 Å². The maximum Gasteiger partial charge on any atom is 0.0304 e. The van der Waals surface area contributed by atoms with Gasteiger partial charge in [0.2, 0.25) is 0 Å². The summed E-state index contributed by atoms with van der Waals surface area (Å²) in [4.78, 5) is 2.78. The lowest BCUT2D eigenvalue weighted by atomic mass is 9.80. The molecule has 0 aromatic heterocycles. The molecule has 0 aromatic rings. The average Bonchev–Trinajstić information content (AvgIpc) is 2.36. The Labute approximate surface area is 127 Å². The molecular formula is C18H38N2. The third-order valence-electron chi connectivity index (χ3n) is 5.20. The van der Waals surface area contributed by atoms with Gasteiger partial charge in [0.25, 0.3) is 0 Å². The lowest BCUT2D eigenvalue weighted by Gasteiger charge is -2.51. The summed E-state index contributed by atoms with van der Waals surface area (Å²) in [6.45, 7) is 20.1. The van der Waals surface area contributed by atoms with Crippen molar-refractivity contribution in [3.8, 4) is 0 Å². The highest BCUT2D eigenvalue weighted by molar-refractivity contribution is 4.99. The van der Waals surface area contributed by atoms with E-state index in [9.17, 15) is 0 Å². The van der Waals surface area contributed by atoms with Gasteiger partial charge >= 0.3 is 0 Å². The second kappa shape index (κ2) is 7.26. The van der Waals surface area contributed by atoms with Gasteiger partial charge in [0, 0.05) is 24.7 Å². The number of piperazine rings is 1. The molecule has 0 amide bonds. The number of hydrogen-bond donors (Lipinski definition) is 1. The zero-order chi connectivity index (χ0) is 15.4. The Balaban J connectivity index is 2.73. The maximum atomic E-state index is 3.88. The van der Waals surface area contributed by atoms with Gasteiger partial charge in [0.05, 0.1) is 0 Å². The molecule has 1 aliphatic heterocycles. The van der Waals surface area contributed by atoms with Crippen LogP contribution in [0.15, 0.2) is 0 Å². The summed E-state index contributed by atoms with van der Waals surface area (Å²) in [6.07, 6.45) is 5.17. The summed E-state index contributed by atoms with van der Waals surface area (Å²) in [5, 5.41) is 3.88. The Kier molecular flexibility index (Phi) is 6.53. The predicted molar refractivity (Wildman–Crippen MR) is 90.2 cm³/mol. The lowest BCUT2D eigenvalue weighted by Crippen LogP contribution is -2.66. The second-order valence-electron chi connectivity index (χ2n) is 8.26. The van der Waals surface area contributed by atoms with Gasteiger partial charge < -0.3 is 5.32 Å². The van der Waals surface area contributed by atoms with Crippen molar-refractivity contribution in [3.05, 3.63) is 0 Å². The topological polar surface area (TPSA) is 15.3 Å². The minimum absolute atomic E-state index is 0.347. The van der Waals surface area contributed by atoms with Crippen LogP contribution >= 0.6 is 0 Å². The van der Waals surface area contributed by atoms with Crippen molar-refractivity contribution < 1.29 is 0 Å². The van der Waals surface area contributed by atoms with Crippen LogP contribution in [0.4, 0.5) is 0 Å². The van der Waals surface area contributed by atoms with Crippen LogP contribution in [0, 0.1) is 11.3 Å². The van der Waals surface area contributed by atoms with E-state index >= 15 is 0 Å². The van der Waals surface area contributed by atoms with E-state index in [1.165, 1.54) is 38.8 Å². The molecular weight excluding hydrogens is 244 g/mol. The molecule has 1 unspecified atom stereocenters. The molecule has 2 heteroatoms. The van der Waals surface area contributed by atoms with Crippen molar-refractivity contribution in [2.24, 2.45) is 11.3 Å². The van der Waals surface area contributed by atoms with Crippen molar-refractivity contribution in [1.29, 1.82) is 0 Å². The monoisotopic (exact) mass is 282 g/mol. The summed E-state index contributed by atoms with van der Waals surface area (Å²) in [5.41, 5.74) is 0.706. The fraction of sp³-hybridized carbons (Fsp3) is 1.00. The first-order valence-electron chi connectivity index (χ1n) is 8.73. The van der Waals surface area contributed by atoms with Gasteiger partial charge in [0.15, 0.2) is 0 Å². The molecule has 1 aliphatic rings. The van der Waals surface area contributed by atoms with Crippen molar-refractivity contribution in [3.63, 3.8) is 0 Å². The first kappa shape index (κ1) is 18.0. The minimum Gasteiger partial charge on any atom is -0.308 e. The first-order valence-corrected chi connectivity index (χ1v) is 8.73. The number of nitrogens with zero attached hydrogens (tertiary/aromatic N) is 1. The highest BCUT2D eigenvalue weighted by Crippen LogP contribution is 2.31. The van der Waals surface area contributed by atoms with Crippen LogP contribution in [0.25, 0.3) is 0 Å². The molecule has 0 aromatic carbocycles. The van der Waals surface area contributed by atoms with E-state index in [0.29, 0.717) is 17.0 Å². The lowest BCUT2D eigenvalue weighted by molar-refractivity contribution is 0.0173. The summed E-state index contributed by atoms with van der Waals surface area (Å²) in [6, 6.07) is 0.667. The van der Waals surface area contributed by atoms with E-state index < -0.39 is 0 Å². The normalized spacial score (nSPS) is 24.3. The molecule has 1 rings (SSSR count). The van der Waals surface area contributed by atoms with Gasteiger partial charge in [-0.05, 0) is 43.6 Å². The summed E-state index contributed by atoms with van der Waals surface area (Å²) < 4.78 is 0. The molecule has 120 valence electrons. The third-order valence-corrected chi connectivity index (χ3v) is 5.20. The third kappa shape index (κ3) is 4.73. The number of nitrogens with one attached hydrogen (secondary N) is 1. The van der Waals surface area contributed by atoms with E-state index in [2.05, 4.69) is 58.7 Å². The first-order chi connectivity index (χ1) is 9.24. The van der Waals surface area contributed by atoms with E-state index in [0.717, 1.165) is 12.5 Å². The molecule has 20 heavy (non-hydrogen) atoms. The Morgan fingerprint density at radius 2 is 1.80 bits per heavy atom. The molecule has 1 saturated heterocycles. The molecule has 2 nitrogen and oxygen atoms in total. The van der Waals surface area contributed by atoms with Crippen LogP contribution in [0.3, 0.4) is 0 Å². The Morgan fingerprint density at radius 1 is 1.20 bits per heavy atom. The van der Waals surface area contributed by atoms with Crippen molar-refractivity contribution in [2.45, 2.75) is 85.7 Å². The smallest absolute Gasteiger partial charge is 0.0304 e. The predicted octanol–water partition coefficient (Wildman–Crippen LogP) is 4.30. The van der Waals surface area contributed by atoms with Crippen LogP contribution in [-0.2, 0) is 0 Å². The molecule has 1 fully saturated rings. The zero-order valence-electron chi connectivity index (χ0n) is 15.1. The maximum absolute atomic E-state index is 3.88. The molecule has 0 spiro atoms. The number of hydrogen-bond acceptors (Lipinski definition) is 2. The van der Waals surface area contributed by atoms with Crippen LogP contribution in [-0.4, -0.2) is 36.1 Å². The molecule has 1 heterocycles. The van der Waals surface area contributed by atoms with E-state index in [1.807, 2.05) is 0 Å². The van der Waals surface area contributed by atoms with Crippen LogP contribution < -0.4 is 5.32 Å². The SMILES string of the molecule is CCC1(CC)CN(CCCC(C)C)C(C(C)(C)C)CN1. The summed E-state index contributed by atoms with van der Waals surface area (Å²) >= 11 is 0. The molecule has 1 atom stereocenters. The summed E-state index contributed by atoms with van der Waals surface area (Å²) in [7, 11) is 0. The van der Waals surface area contributed by atoms with Crippen LogP contribution in [0.1, 0.15) is 74.1 Å². The van der Waals surface area contributed by atoms with Crippen LogP contribution in [0.5, 0.6) is 0 Å². The molecule has 0 radical (unpaired) electrons. The molecule has 0 aliphatic carbocycles. The highest BCUT2D eigenvalue weighted by atomic mass is 15.3. The molecule has 0 bridgehead atoms.